The zero-order valence-electron chi connectivity index (χ0n) is 14.6. The molecule has 1 aliphatic rings. The number of hydrogen-bond donors (Lipinski definition) is 2. The molecule has 1 aromatic carbocycles. The van der Waals surface area contributed by atoms with Crippen molar-refractivity contribution in [2.75, 3.05) is 12.0 Å². The summed E-state index contributed by atoms with van der Waals surface area (Å²) < 4.78 is 86.7. The van der Waals surface area contributed by atoms with Crippen molar-refractivity contribution in [2.24, 2.45) is 10.7 Å². The number of carbonyl (C=O) groups excluding carboxylic acids is 1. The minimum absolute atomic E-state index is 0.212. The molecule has 0 aliphatic carbocycles. The number of benzene rings is 1. The average molecular weight is 420 g/mol. The molecule has 2 aromatic rings. The van der Waals surface area contributed by atoms with Crippen LogP contribution in [0.15, 0.2) is 33.9 Å². The Morgan fingerprint density at radius 1 is 1.34 bits per heavy atom. The van der Waals surface area contributed by atoms with Crippen LogP contribution in [0.3, 0.4) is 0 Å². The van der Waals surface area contributed by atoms with E-state index in [-0.39, 0.29) is 17.9 Å². The molecule has 1 aromatic heterocycles. The Bertz CT molecular complexity index is 961. The Labute approximate surface area is 159 Å². The third-order valence-electron chi connectivity index (χ3n) is 4.44. The fraction of sp³-hybridized carbons (Fsp3) is 0.353. The molecule has 0 spiro atoms. The highest BCUT2D eigenvalue weighted by atomic mass is 19.3. The van der Waals surface area contributed by atoms with E-state index in [1.165, 1.54) is 0 Å². The molecule has 3 N–H and O–H groups in total. The molecule has 2 heterocycles. The van der Waals surface area contributed by atoms with E-state index in [0.717, 1.165) is 18.2 Å². The fourth-order valence-electron chi connectivity index (χ4n) is 2.94. The molecule has 1 amide bonds. The maximum atomic E-state index is 14.6. The van der Waals surface area contributed by atoms with Crippen LogP contribution in [0.4, 0.5) is 32.0 Å². The first-order valence-corrected chi connectivity index (χ1v) is 8.22. The summed E-state index contributed by atoms with van der Waals surface area (Å²) in [5.74, 6) is -7.19. The maximum Gasteiger partial charge on any atom is 0.313 e. The Hall–Kier alpha value is -3.05. The normalized spacial score (nSPS) is 21.1. The molecule has 0 saturated carbocycles. The molecule has 0 fully saturated rings. The Morgan fingerprint density at radius 2 is 2.07 bits per heavy atom. The number of amides is 1. The van der Waals surface area contributed by atoms with Gasteiger partial charge in [-0.25, -0.2) is 22.5 Å². The summed E-state index contributed by atoms with van der Waals surface area (Å²) in [4.78, 5) is 18.9. The second kappa shape index (κ2) is 7.41. The predicted octanol–water partition coefficient (Wildman–Crippen LogP) is 3.95. The van der Waals surface area contributed by atoms with Gasteiger partial charge in [0.05, 0.1) is 5.84 Å². The topological polar surface area (TPSA) is 93.5 Å². The highest BCUT2D eigenvalue weighted by molar-refractivity contribution is 6.02. The highest BCUT2D eigenvalue weighted by Gasteiger charge is 2.58. The number of hydrogen-bond acceptors (Lipinski definition) is 5. The lowest BCUT2D eigenvalue weighted by molar-refractivity contribution is -0.0959. The molecule has 1 aliphatic heterocycles. The number of oxazole rings is 1. The van der Waals surface area contributed by atoms with Crippen molar-refractivity contribution >= 4 is 17.4 Å². The van der Waals surface area contributed by atoms with E-state index < -0.39 is 59.9 Å². The summed E-state index contributed by atoms with van der Waals surface area (Å²) in [7, 11) is 0. The molecule has 1 atom stereocenters. The van der Waals surface area contributed by atoms with Crippen LogP contribution < -0.4 is 11.1 Å². The van der Waals surface area contributed by atoms with Crippen LogP contribution in [0.25, 0.3) is 0 Å². The first-order chi connectivity index (χ1) is 13.6. The van der Waals surface area contributed by atoms with Crippen molar-refractivity contribution in [3.63, 3.8) is 0 Å². The van der Waals surface area contributed by atoms with Gasteiger partial charge in [0.2, 0.25) is 0 Å². The van der Waals surface area contributed by atoms with E-state index in [1.807, 2.05) is 0 Å². The number of amidine groups is 1. The third-order valence-corrected chi connectivity index (χ3v) is 4.44. The van der Waals surface area contributed by atoms with Gasteiger partial charge in [-0.15, -0.1) is 0 Å². The van der Waals surface area contributed by atoms with Crippen LogP contribution in [0.1, 0.15) is 41.2 Å². The molecule has 156 valence electrons. The summed E-state index contributed by atoms with van der Waals surface area (Å²) in [5, 5.41) is 2.18. The summed E-state index contributed by atoms with van der Waals surface area (Å²) in [6, 6.07) is 2.55. The number of aliphatic imine (C=N–C) groups is 1. The monoisotopic (exact) mass is 420 g/mol. The Kier molecular flexibility index (Phi) is 5.28. The molecule has 6 nitrogen and oxygen atoms in total. The lowest BCUT2D eigenvalue weighted by Gasteiger charge is -2.39. The first kappa shape index (κ1) is 20.7. The van der Waals surface area contributed by atoms with Gasteiger partial charge >= 0.3 is 6.43 Å². The molecule has 3 rings (SSSR count). The van der Waals surface area contributed by atoms with E-state index >= 15 is 0 Å². The zero-order valence-corrected chi connectivity index (χ0v) is 14.6. The molecule has 29 heavy (non-hydrogen) atoms. The molecule has 0 unspecified atom stereocenters. The number of rotatable bonds is 5. The lowest BCUT2D eigenvalue weighted by atomic mass is 9.80. The van der Waals surface area contributed by atoms with Crippen LogP contribution in [-0.2, 0) is 5.54 Å². The number of alkyl halides is 5. The highest BCUT2D eigenvalue weighted by Crippen LogP contribution is 2.48. The molecule has 0 saturated heterocycles. The van der Waals surface area contributed by atoms with E-state index in [9.17, 15) is 31.1 Å². The molecular weight excluding hydrogens is 406 g/mol. The van der Waals surface area contributed by atoms with Crippen molar-refractivity contribution in [2.45, 2.75) is 30.7 Å². The third kappa shape index (κ3) is 3.66. The van der Waals surface area contributed by atoms with Gasteiger partial charge in [0.15, 0.2) is 11.2 Å². The van der Waals surface area contributed by atoms with Gasteiger partial charge in [-0.05, 0) is 18.2 Å². The summed E-state index contributed by atoms with van der Waals surface area (Å²) in [6.07, 6.45) is -3.50. The van der Waals surface area contributed by atoms with Gasteiger partial charge in [0.1, 0.15) is 18.8 Å². The predicted molar refractivity (Wildman–Crippen MR) is 89.3 cm³/mol. The molecule has 0 radical (unpaired) electrons. The number of nitrogens with two attached hydrogens (primary N) is 1. The second-order valence-electron chi connectivity index (χ2n) is 6.32. The largest absolute Gasteiger partial charge is 0.443 e. The quantitative estimate of drug-likeness (QED) is 0.717. The van der Waals surface area contributed by atoms with Crippen LogP contribution in [0, 0.1) is 5.82 Å². The average Bonchev–Trinajstić information content (AvgIpc) is 3.16. The van der Waals surface area contributed by atoms with Gasteiger partial charge < -0.3 is 15.5 Å². The minimum Gasteiger partial charge on any atom is -0.443 e. The fourth-order valence-corrected chi connectivity index (χ4v) is 2.94. The van der Waals surface area contributed by atoms with Crippen molar-refractivity contribution in [1.82, 2.24) is 4.98 Å². The van der Waals surface area contributed by atoms with Crippen LogP contribution in [0.5, 0.6) is 0 Å². The zero-order chi connectivity index (χ0) is 21.4. The van der Waals surface area contributed by atoms with Gasteiger partial charge in [0, 0.05) is 24.1 Å². The summed E-state index contributed by atoms with van der Waals surface area (Å²) in [6.45, 7) is -1.74. The lowest BCUT2D eigenvalue weighted by Crippen LogP contribution is -2.51. The first-order valence-electron chi connectivity index (χ1n) is 8.22. The van der Waals surface area contributed by atoms with Crippen LogP contribution in [0.2, 0.25) is 0 Å². The van der Waals surface area contributed by atoms with Crippen molar-refractivity contribution in [1.29, 1.82) is 0 Å². The van der Waals surface area contributed by atoms with E-state index in [2.05, 4.69) is 19.7 Å². The second-order valence-corrected chi connectivity index (χ2v) is 6.32. The molecule has 12 heteroatoms. The molecule has 0 bridgehead atoms. The SMILES string of the molecule is NC1=N[C@](CF)(c2cc(NC(=O)c3coc(C(F)F)n3)ccc2F)C(F)(F)CC1. The van der Waals surface area contributed by atoms with Gasteiger partial charge in [0.25, 0.3) is 17.7 Å². The Balaban J connectivity index is 1.97. The minimum atomic E-state index is -3.74. The smallest absolute Gasteiger partial charge is 0.313 e. The van der Waals surface area contributed by atoms with E-state index in [1.54, 1.807) is 0 Å². The van der Waals surface area contributed by atoms with Gasteiger partial charge in [-0.2, -0.15) is 8.78 Å². The summed E-state index contributed by atoms with van der Waals surface area (Å²) >= 11 is 0. The van der Waals surface area contributed by atoms with Crippen molar-refractivity contribution in [3.8, 4) is 0 Å². The van der Waals surface area contributed by atoms with Crippen molar-refractivity contribution in [3.05, 3.63) is 47.4 Å². The number of nitrogens with one attached hydrogen (secondary N) is 1. The standard InChI is InChI=1S/C17H14F6N4O2/c18-7-16(17(22,23)4-3-12(24)27-16)9-5-8(1-2-10(9)19)25-14(28)11-6-29-15(26-11)13(20)21/h1-2,5-6,13H,3-4,7H2,(H2,24,27)(H,25,28)/t16-/m1/s1. The maximum absolute atomic E-state index is 14.6. The number of halogens is 6. The molecular formula is C17H14F6N4O2. The van der Waals surface area contributed by atoms with Gasteiger partial charge in [-0.3, -0.25) is 9.79 Å². The number of aromatic nitrogens is 1. The number of anilines is 1. The summed E-state index contributed by atoms with van der Waals surface area (Å²) in [5.41, 5.74) is 1.07. The van der Waals surface area contributed by atoms with Gasteiger partial charge in [-0.1, -0.05) is 0 Å². The van der Waals surface area contributed by atoms with Crippen LogP contribution >= 0.6 is 0 Å². The number of nitrogens with zero attached hydrogens (tertiary/aromatic N) is 2. The number of carbonyl (C=O) groups is 1. The Morgan fingerprint density at radius 3 is 2.69 bits per heavy atom. The van der Waals surface area contributed by atoms with Crippen LogP contribution in [-0.4, -0.2) is 29.3 Å². The van der Waals surface area contributed by atoms with Crippen molar-refractivity contribution < 1.29 is 35.6 Å². The van der Waals surface area contributed by atoms with E-state index in [4.69, 9.17) is 5.73 Å². The van der Waals surface area contributed by atoms with E-state index in [0.29, 0.717) is 6.26 Å².